The fourth-order valence-corrected chi connectivity index (χ4v) is 1.99. The molecule has 0 aliphatic carbocycles. The molecule has 3 N–H and O–H groups in total. The molecule has 21 heavy (non-hydrogen) atoms. The molecule has 1 aromatic carbocycles. The van der Waals surface area contributed by atoms with Crippen LogP contribution in [0.4, 0.5) is 10.5 Å². The van der Waals surface area contributed by atoms with Crippen LogP contribution in [0.25, 0.3) is 0 Å². The highest BCUT2D eigenvalue weighted by Crippen LogP contribution is 2.12. The quantitative estimate of drug-likeness (QED) is 0.684. The number of hydrogen-bond acceptors (Lipinski definition) is 3. The molecular formula is C16H27N3O2. The first-order valence-corrected chi connectivity index (χ1v) is 7.49. The highest BCUT2D eigenvalue weighted by atomic mass is 16.3. The first-order valence-electron chi connectivity index (χ1n) is 7.49. The predicted octanol–water partition coefficient (Wildman–Crippen LogP) is 1.76. The number of anilines is 1. The van der Waals surface area contributed by atoms with Crippen LogP contribution in [0, 0.1) is 0 Å². The summed E-state index contributed by atoms with van der Waals surface area (Å²) in [6, 6.07) is 8.04. The standard InChI is InChI=1S/C16H27N3O2/c1-4-5-15(20)12-18-16(21)17-11-10-13-6-8-14(9-7-13)19(2)3/h6-9,15,20H,4-5,10-12H2,1-3H3,(H2,17,18,21). The van der Waals surface area contributed by atoms with Crippen LogP contribution in [0.2, 0.25) is 0 Å². The van der Waals surface area contributed by atoms with E-state index in [4.69, 9.17) is 0 Å². The molecule has 1 rings (SSSR count). The maximum Gasteiger partial charge on any atom is 0.314 e. The zero-order valence-corrected chi connectivity index (χ0v) is 13.2. The van der Waals surface area contributed by atoms with Crippen molar-refractivity contribution in [3.05, 3.63) is 29.8 Å². The van der Waals surface area contributed by atoms with Crippen LogP contribution in [0.1, 0.15) is 25.3 Å². The van der Waals surface area contributed by atoms with Gasteiger partial charge in [0.25, 0.3) is 0 Å². The van der Waals surface area contributed by atoms with E-state index in [0.717, 1.165) is 18.5 Å². The van der Waals surface area contributed by atoms with Crippen molar-refractivity contribution in [1.29, 1.82) is 0 Å². The van der Waals surface area contributed by atoms with Crippen molar-refractivity contribution in [2.24, 2.45) is 0 Å². The lowest BCUT2D eigenvalue weighted by atomic mass is 10.1. The van der Waals surface area contributed by atoms with E-state index in [0.29, 0.717) is 19.5 Å². The highest BCUT2D eigenvalue weighted by molar-refractivity contribution is 5.73. The molecule has 0 fully saturated rings. The first kappa shape index (κ1) is 17.3. The molecule has 5 heteroatoms. The largest absolute Gasteiger partial charge is 0.391 e. The molecule has 0 radical (unpaired) electrons. The zero-order valence-electron chi connectivity index (χ0n) is 13.2. The number of nitrogens with zero attached hydrogens (tertiary/aromatic N) is 1. The topological polar surface area (TPSA) is 64.6 Å². The molecule has 0 spiro atoms. The molecule has 1 unspecified atom stereocenters. The van der Waals surface area contributed by atoms with Crippen LogP contribution in [0.3, 0.4) is 0 Å². The SMILES string of the molecule is CCCC(O)CNC(=O)NCCc1ccc(N(C)C)cc1. The van der Waals surface area contributed by atoms with E-state index in [1.54, 1.807) is 0 Å². The number of rotatable bonds is 8. The Kier molecular flexibility index (Phi) is 7.61. The first-order chi connectivity index (χ1) is 10.0. The number of carbonyl (C=O) groups excluding carboxylic acids is 1. The van der Waals surface area contributed by atoms with Crippen LogP contribution in [-0.4, -0.2) is 44.4 Å². The third-order valence-electron chi connectivity index (χ3n) is 3.27. The molecule has 1 aromatic rings. The lowest BCUT2D eigenvalue weighted by Crippen LogP contribution is -2.40. The molecule has 0 aliphatic heterocycles. The van der Waals surface area contributed by atoms with Crippen LogP contribution in [0.5, 0.6) is 0 Å². The average molecular weight is 293 g/mol. The van der Waals surface area contributed by atoms with Crippen molar-refractivity contribution in [3.8, 4) is 0 Å². The Labute approximate surface area is 127 Å². The van der Waals surface area contributed by atoms with Gasteiger partial charge in [-0.1, -0.05) is 25.5 Å². The van der Waals surface area contributed by atoms with Gasteiger partial charge < -0.3 is 20.6 Å². The number of aliphatic hydroxyl groups excluding tert-OH is 1. The summed E-state index contributed by atoms with van der Waals surface area (Å²) >= 11 is 0. The fraction of sp³-hybridized carbons (Fsp3) is 0.562. The Morgan fingerprint density at radius 1 is 1.24 bits per heavy atom. The van der Waals surface area contributed by atoms with E-state index in [9.17, 15) is 9.90 Å². The molecule has 0 aromatic heterocycles. The second-order valence-electron chi connectivity index (χ2n) is 5.39. The van der Waals surface area contributed by atoms with Gasteiger partial charge in [0.1, 0.15) is 0 Å². The van der Waals surface area contributed by atoms with E-state index >= 15 is 0 Å². The Hall–Kier alpha value is -1.75. The van der Waals surface area contributed by atoms with Crippen LogP contribution >= 0.6 is 0 Å². The van der Waals surface area contributed by atoms with Gasteiger partial charge in [-0.05, 0) is 30.5 Å². The summed E-state index contributed by atoms with van der Waals surface area (Å²) in [6.07, 6.45) is 1.95. The van der Waals surface area contributed by atoms with Gasteiger partial charge in [0, 0.05) is 32.9 Å². The minimum absolute atomic E-state index is 0.227. The predicted molar refractivity (Wildman–Crippen MR) is 86.8 cm³/mol. The van der Waals surface area contributed by atoms with Gasteiger partial charge in [0.05, 0.1) is 6.10 Å². The van der Waals surface area contributed by atoms with Gasteiger partial charge in [-0.2, -0.15) is 0 Å². The van der Waals surface area contributed by atoms with Crippen molar-refractivity contribution in [2.75, 3.05) is 32.1 Å². The minimum Gasteiger partial charge on any atom is -0.391 e. The minimum atomic E-state index is -0.459. The summed E-state index contributed by atoms with van der Waals surface area (Å²) < 4.78 is 0. The Morgan fingerprint density at radius 2 is 1.90 bits per heavy atom. The van der Waals surface area contributed by atoms with E-state index in [2.05, 4.69) is 39.8 Å². The highest BCUT2D eigenvalue weighted by Gasteiger charge is 2.05. The summed E-state index contributed by atoms with van der Waals surface area (Å²) in [5.41, 5.74) is 2.35. The van der Waals surface area contributed by atoms with Crippen LogP contribution in [0.15, 0.2) is 24.3 Å². The van der Waals surface area contributed by atoms with Crippen LogP contribution in [-0.2, 0) is 6.42 Å². The van der Waals surface area contributed by atoms with Crippen molar-refractivity contribution in [3.63, 3.8) is 0 Å². The average Bonchev–Trinajstić information content (AvgIpc) is 2.46. The Bertz CT molecular complexity index is 418. The van der Waals surface area contributed by atoms with Crippen molar-refractivity contribution >= 4 is 11.7 Å². The van der Waals surface area contributed by atoms with Crippen molar-refractivity contribution in [2.45, 2.75) is 32.3 Å². The molecule has 0 aliphatic rings. The van der Waals surface area contributed by atoms with Gasteiger partial charge in [-0.15, -0.1) is 0 Å². The summed E-state index contributed by atoms with van der Waals surface area (Å²) in [5.74, 6) is 0. The van der Waals surface area contributed by atoms with Gasteiger partial charge in [0.2, 0.25) is 0 Å². The fourth-order valence-electron chi connectivity index (χ4n) is 1.99. The smallest absolute Gasteiger partial charge is 0.314 e. The lowest BCUT2D eigenvalue weighted by molar-refractivity contribution is 0.160. The summed E-state index contributed by atoms with van der Waals surface area (Å²) in [6.45, 7) is 2.89. The third-order valence-corrected chi connectivity index (χ3v) is 3.27. The maximum absolute atomic E-state index is 11.5. The summed E-state index contributed by atoms with van der Waals surface area (Å²) in [4.78, 5) is 13.6. The number of hydrogen-bond donors (Lipinski definition) is 3. The molecule has 0 bridgehead atoms. The molecule has 5 nitrogen and oxygen atoms in total. The number of amides is 2. The number of benzene rings is 1. The number of aliphatic hydroxyl groups is 1. The second kappa shape index (κ2) is 9.23. The summed E-state index contributed by atoms with van der Waals surface area (Å²) in [5, 5.41) is 15.0. The molecular weight excluding hydrogens is 266 g/mol. The zero-order chi connectivity index (χ0) is 15.7. The molecule has 0 heterocycles. The normalized spacial score (nSPS) is 11.8. The van der Waals surface area contributed by atoms with E-state index < -0.39 is 6.10 Å². The van der Waals surface area contributed by atoms with E-state index in [1.807, 2.05) is 21.0 Å². The molecule has 118 valence electrons. The Morgan fingerprint density at radius 3 is 2.48 bits per heavy atom. The lowest BCUT2D eigenvalue weighted by Gasteiger charge is -2.13. The van der Waals surface area contributed by atoms with Crippen molar-refractivity contribution in [1.82, 2.24) is 10.6 Å². The molecule has 0 saturated heterocycles. The van der Waals surface area contributed by atoms with E-state index in [1.165, 1.54) is 5.56 Å². The third kappa shape index (κ3) is 6.99. The summed E-state index contributed by atoms with van der Waals surface area (Å²) in [7, 11) is 4.02. The van der Waals surface area contributed by atoms with Gasteiger partial charge in [-0.3, -0.25) is 0 Å². The molecule has 1 atom stereocenters. The Balaban J connectivity index is 2.22. The van der Waals surface area contributed by atoms with E-state index in [-0.39, 0.29) is 6.03 Å². The molecule has 0 saturated carbocycles. The second-order valence-corrected chi connectivity index (χ2v) is 5.39. The maximum atomic E-state index is 11.5. The van der Waals surface area contributed by atoms with Gasteiger partial charge in [0.15, 0.2) is 0 Å². The van der Waals surface area contributed by atoms with Gasteiger partial charge >= 0.3 is 6.03 Å². The monoisotopic (exact) mass is 293 g/mol. The van der Waals surface area contributed by atoms with Gasteiger partial charge in [-0.25, -0.2) is 4.79 Å². The van der Waals surface area contributed by atoms with Crippen LogP contribution < -0.4 is 15.5 Å². The number of nitrogens with one attached hydrogen (secondary N) is 2. The number of urea groups is 1. The van der Waals surface area contributed by atoms with Crippen molar-refractivity contribution < 1.29 is 9.90 Å². The number of carbonyl (C=O) groups is 1. The molecule has 2 amide bonds.